The molecule has 3 aliphatic heterocycles. The molecule has 0 bridgehead atoms. The zero-order valence-corrected chi connectivity index (χ0v) is 15.9. The van der Waals surface area contributed by atoms with E-state index in [9.17, 15) is 10.2 Å². The third-order valence-electron chi connectivity index (χ3n) is 6.11. The van der Waals surface area contributed by atoms with Crippen molar-refractivity contribution in [3.05, 3.63) is 0 Å². The summed E-state index contributed by atoms with van der Waals surface area (Å²) in [5.41, 5.74) is 0. The highest BCUT2D eigenvalue weighted by atomic mass is 16.5. The van der Waals surface area contributed by atoms with Gasteiger partial charge in [0.15, 0.2) is 0 Å². The van der Waals surface area contributed by atoms with E-state index in [0.29, 0.717) is 12.2 Å². The number of piperazine rings is 1. The molecule has 7 nitrogen and oxygen atoms in total. The van der Waals surface area contributed by atoms with Crippen molar-refractivity contribution in [3.63, 3.8) is 0 Å². The smallest absolute Gasteiger partial charge is 0.142 e. The maximum Gasteiger partial charge on any atom is 0.142 e. The van der Waals surface area contributed by atoms with Crippen LogP contribution in [0.2, 0.25) is 0 Å². The van der Waals surface area contributed by atoms with Crippen LogP contribution in [0.15, 0.2) is 0 Å². The molecule has 0 amide bonds. The predicted molar refractivity (Wildman–Crippen MR) is 95.0 cm³/mol. The van der Waals surface area contributed by atoms with E-state index in [1.165, 1.54) is 25.8 Å². The van der Waals surface area contributed by atoms with Crippen LogP contribution < -0.4 is 10.6 Å². The third kappa shape index (κ3) is 4.71. The molecular weight excluding hydrogens is 320 g/mol. The van der Waals surface area contributed by atoms with Gasteiger partial charge >= 0.3 is 0 Å². The molecule has 7 heteroatoms. The molecule has 0 aromatic carbocycles. The summed E-state index contributed by atoms with van der Waals surface area (Å²) in [7, 11) is 0. The van der Waals surface area contributed by atoms with E-state index in [4.69, 9.17) is 4.74 Å². The van der Waals surface area contributed by atoms with Crippen molar-refractivity contribution in [2.75, 3.05) is 45.9 Å². The van der Waals surface area contributed by atoms with Gasteiger partial charge in [0.25, 0.3) is 0 Å². The average Bonchev–Trinajstić information content (AvgIpc) is 2.96. The van der Waals surface area contributed by atoms with Crippen LogP contribution in [0.25, 0.3) is 0 Å². The molecule has 3 heterocycles. The fourth-order valence-electron chi connectivity index (χ4n) is 4.65. The van der Waals surface area contributed by atoms with Crippen molar-refractivity contribution >= 4 is 0 Å². The predicted octanol–water partition coefficient (Wildman–Crippen LogP) is -2.86. The molecule has 0 radical (unpaired) electrons. The van der Waals surface area contributed by atoms with E-state index in [1.54, 1.807) is 0 Å². The Morgan fingerprint density at radius 2 is 1.84 bits per heavy atom. The zero-order chi connectivity index (χ0) is 17.8. The molecule has 0 aromatic heterocycles. The number of ether oxygens (including phenoxy) is 1. The first-order valence-electron chi connectivity index (χ1n) is 10.2. The second-order valence-corrected chi connectivity index (χ2v) is 8.25. The molecule has 5 atom stereocenters. The third-order valence-corrected chi connectivity index (χ3v) is 6.11. The highest BCUT2D eigenvalue weighted by molar-refractivity contribution is 4.98. The van der Waals surface area contributed by atoms with Gasteiger partial charge in [-0.05, 0) is 26.7 Å². The molecule has 0 aromatic rings. The van der Waals surface area contributed by atoms with Gasteiger partial charge in [-0.1, -0.05) is 0 Å². The second-order valence-electron chi connectivity index (χ2n) is 8.25. The summed E-state index contributed by atoms with van der Waals surface area (Å²) in [5.74, 6) is 0. The number of piperidine rings is 1. The van der Waals surface area contributed by atoms with Gasteiger partial charge in [-0.3, -0.25) is 9.80 Å². The van der Waals surface area contributed by atoms with E-state index in [2.05, 4.69) is 34.3 Å². The molecule has 25 heavy (non-hydrogen) atoms. The first-order chi connectivity index (χ1) is 12.1. The Morgan fingerprint density at radius 3 is 2.44 bits per heavy atom. The number of hydrogen-bond acceptors (Lipinski definition) is 5. The topological polar surface area (TPSA) is 89.4 Å². The van der Waals surface area contributed by atoms with Gasteiger partial charge in [0.2, 0.25) is 0 Å². The van der Waals surface area contributed by atoms with Crippen LogP contribution in [-0.2, 0) is 4.74 Å². The molecule has 6 N–H and O–H groups in total. The number of nitrogens with two attached hydrogens (primary N) is 2. The number of nitrogens with zero attached hydrogens (tertiary/aromatic N) is 2. The van der Waals surface area contributed by atoms with Gasteiger partial charge in [-0.25, -0.2) is 0 Å². The minimum atomic E-state index is -0.594. The van der Waals surface area contributed by atoms with Gasteiger partial charge in [0.1, 0.15) is 31.0 Å². The summed E-state index contributed by atoms with van der Waals surface area (Å²) in [6.07, 6.45) is 3.59. The average molecular weight is 359 g/mol. The Hall–Kier alpha value is -0.280. The Bertz CT molecular complexity index is 398. The van der Waals surface area contributed by atoms with Crippen molar-refractivity contribution in [1.29, 1.82) is 0 Å². The van der Waals surface area contributed by atoms with Crippen LogP contribution in [0.3, 0.4) is 0 Å². The summed E-state index contributed by atoms with van der Waals surface area (Å²) in [6, 6.07) is 0.512. The van der Waals surface area contributed by atoms with Crippen LogP contribution in [0.4, 0.5) is 0 Å². The Kier molecular flexibility index (Phi) is 7.08. The molecule has 0 saturated carbocycles. The molecule has 3 rings (SSSR count). The molecule has 0 spiro atoms. The van der Waals surface area contributed by atoms with E-state index >= 15 is 0 Å². The van der Waals surface area contributed by atoms with Crippen molar-refractivity contribution < 1.29 is 25.6 Å². The van der Waals surface area contributed by atoms with Crippen molar-refractivity contribution in [1.82, 2.24) is 9.80 Å². The lowest BCUT2D eigenvalue weighted by molar-refractivity contribution is -0.717. The largest absolute Gasteiger partial charge is 0.394 e. The normalized spacial score (nSPS) is 38.5. The fourth-order valence-corrected chi connectivity index (χ4v) is 4.65. The summed E-state index contributed by atoms with van der Waals surface area (Å²) in [5, 5.41) is 25.0. The molecule has 146 valence electrons. The Balaban J connectivity index is 1.56. The zero-order valence-electron chi connectivity index (χ0n) is 15.9. The van der Waals surface area contributed by atoms with Crippen LogP contribution in [0.5, 0.6) is 0 Å². The summed E-state index contributed by atoms with van der Waals surface area (Å²) >= 11 is 0. The first kappa shape index (κ1) is 19.5. The van der Waals surface area contributed by atoms with Gasteiger partial charge in [-0.2, -0.15) is 0 Å². The van der Waals surface area contributed by atoms with E-state index in [-0.39, 0.29) is 18.8 Å². The van der Waals surface area contributed by atoms with Crippen LogP contribution in [0.1, 0.15) is 33.1 Å². The Morgan fingerprint density at radius 1 is 1.12 bits per heavy atom. The lowest BCUT2D eigenvalue weighted by Crippen LogP contribution is -2.95. The number of aliphatic hydroxyl groups excluding tert-OH is 2. The number of rotatable bonds is 6. The molecule has 5 unspecified atom stereocenters. The molecule has 3 aliphatic rings. The van der Waals surface area contributed by atoms with Crippen molar-refractivity contribution in [2.24, 2.45) is 0 Å². The lowest BCUT2D eigenvalue weighted by Gasteiger charge is -2.42. The summed E-state index contributed by atoms with van der Waals surface area (Å²) in [6.45, 7) is 10.4. The summed E-state index contributed by atoms with van der Waals surface area (Å²) in [4.78, 5) is 5.01. The maximum atomic E-state index is 10.7. The SMILES string of the molecule is CC(C)[NH2+]CC1OC(CO)C(O)C1N1CCN(C2CCCC[NH2+]2)CC1. The molecular formula is C18H38N4O3+2. The highest BCUT2D eigenvalue weighted by Gasteiger charge is 2.47. The van der Waals surface area contributed by atoms with Crippen LogP contribution >= 0.6 is 0 Å². The quantitative estimate of drug-likeness (QED) is 0.410. The van der Waals surface area contributed by atoms with E-state index in [1.807, 2.05) is 0 Å². The maximum absolute atomic E-state index is 10.7. The standard InChI is InChI=1S/C18H36N4O3/c1-13(2)20-11-14-17(18(24)15(12-23)25-14)22-9-7-21(8-10-22)16-5-3-4-6-19-16/h13-20,23-24H,3-12H2,1-2H3/p+2. The van der Waals surface area contributed by atoms with Gasteiger partial charge in [0.05, 0.1) is 25.2 Å². The molecule has 0 aliphatic carbocycles. The monoisotopic (exact) mass is 358 g/mol. The minimum absolute atomic E-state index is 0.00429. The number of aliphatic hydroxyl groups is 2. The van der Waals surface area contributed by atoms with E-state index in [0.717, 1.165) is 32.7 Å². The number of hydrogen-bond donors (Lipinski definition) is 4. The van der Waals surface area contributed by atoms with Crippen LogP contribution in [-0.4, -0.2) is 102 Å². The molecule has 3 saturated heterocycles. The van der Waals surface area contributed by atoms with Gasteiger partial charge in [-0.15, -0.1) is 0 Å². The van der Waals surface area contributed by atoms with Crippen molar-refractivity contribution in [2.45, 2.75) is 69.7 Å². The highest BCUT2D eigenvalue weighted by Crippen LogP contribution is 2.26. The molecule has 3 fully saturated rings. The minimum Gasteiger partial charge on any atom is -0.394 e. The summed E-state index contributed by atoms with van der Waals surface area (Å²) < 4.78 is 5.99. The van der Waals surface area contributed by atoms with E-state index < -0.39 is 12.2 Å². The fraction of sp³-hybridized carbons (Fsp3) is 1.00. The van der Waals surface area contributed by atoms with Gasteiger partial charge < -0.3 is 25.6 Å². The lowest BCUT2D eigenvalue weighted by atomic mass is 10.0. The second kappa shape index (κ2) is 9.08. The Labute approximate surface area is 151 Å². The van der Waals surface area contributed by atoms with Crippen molar-refractivity contribution in [3.8, 4) is 0 Å². The van der Waals surface area contributed by atoms with Gasteiger partial charge in [0, 0.05) is 32.6 Å². The van der Waals surface area contributed by atoms with Crippen LogP contribution in [0, 0.1) is 0 Å². The first-order valence-corrected chi connectivity index (χ1v) is 10.2. The number of quaternary nitrogens is 2.